The third-order valence-corrected chi connectivity index (χ3v) is 4.55. The summed E-state index contributed by atoms with van der Waals surface area (Å²) in [5.41, 5.74) is 1.92. The van der Waals surface area contributed by atoms with Crippen molar-refractivity contribution in [1.29, 1.82) is 0 Å². The third-order valence-electron chi connectivity index (χ3n) is 4.55. The first-order chi connectivity index (χ1) is 9.49. The fraction of sp³-hybridized carbons (Fsp3) is 0.625. The molecule has 0 aromatic heterocycles. The molecule has 0 heterocycles. The number of aryl methyl sites for hydroxylation is 1. The van der Waals surface area contributed by atoms with Gasteiger partial charge in [-0.05, 0) is 45.1 Å². The van der Waals surface area contributed by atoms with Gasteiger partial charge in [-0.25, -0.2) is 0 Å². The molecule has 0 spiro atoms. The average molecular weight is 276 g/mol. The van der Waals surface area contributed by atoms with Gasteiger partial charge in [0.15, 0.2) is 0 Å². The van der Waals surface area contributed by atoms with E-state index in [1.165, 1.54) is 25.7 Å². The van der Waals surface area contributed by atoms with Crippen LogP contribution in [0.1, 0.15) is 56.7 Å². The Bertz CT molecular complexity index is 481. The van der Waals surface area contributed by atoms with E-state index in [0.29, 0.717) is 6.04 Å². The quantitative estimate of drug-likeness (QED) is 0.649. The number of hydrogen-bond acceptors (Lipinski definition) is 3. The number of rotatable bonds is 5. The van der Waals surface area contributed by atoms with E-state index in [0.717, 1.165) is 17.0 Å². The van der Waals surface area contributed by atoms with Gasteiger partial charge in [0.05, 0.1) is 4.92 Å². The zero-order valence-corrected chi connectivity index (χ0v) is 12.6. The minimum absolute atomic E-state index is 0.143. The molecule has 1 fully saturated rings. The molecule has 1 unspecified atom stereocenters. The van der Waals surface area contributed by atoms with Gasteiger partial charge in [-0.1, -0.05) is 25.0 Å². The van der Waals surface area contributed by atoms with E-state index in [9.17, 15) is 10.1 Å². The zero-order chi connectivity index (χ0) is 14.7. The van der Waals surface area contributed by atoms with Crippen molar-refractivity contribution < 1.29 is 4.92 Å². The molecule has 0 radical (unpaired) electrons. The number of nitro groups is 1. The smallest absolute Gasteiger partial charge is 0.272 e. The van der Waals surface area contributed by atoms with Crippen LogP contribution >= 0.6 is 0 Å². The molecule has 4 nitrogen and oxygen atoms in total. The van der Waals surface area contributed by atoms with Gasteiger partial charge < -0.3 is 5.32 Å². The summed E-state index contributed by atoms with van der Waals surface area (Å²) >= 11 is 0. The fourth-order valence-electron chi connectivity index (χ4n) is 3.18. The van der Waals surface area contributed by atoms with Crippen LogP contribution in [0.15, 0.2) is 18.2 Å². The fourth-order valence-corrected chi connectivity index (χ4v) is 3.18. The van der Waals surface area contributed by atoms with E-state index in [4.69, 9.17) is 0 Å². The predicted octanol–water partition coefficient (Wildman–Crippen LogP) is 4.13. The van der Waals surface area contributed by atoms with Crippen molar-refractivity contribution in [2.24, 2.45) is 5.92 Å². The van der Waals surface area contributed by atoms with Crippen LogP contribution in [0.5, 0.6) is 0 Å². The number of nitrogens with one attached hydrogen (secondary N) is 1. The SMILES string of the molecule is Cc1ccc(C(C)N[C@H](C)C2CCCC2)cc1[N+](=O)[O-]. The van der Waals surface area contributed by atoms with E-state index in [2.05, 4.69) is 19.2 Å². The molecule has 0 amide bonds. The van der Waals surface area contributed by atoms with Gasteiger partial charge in [-0.15, -0.1) is 0 Å². The van der Waals surface area contributed by atoms with E-state index in [1.54, 1.807) is 13.0 Å². The minimum atomic E-state index is -0.300. The van der Waals surface area contributed by atoms with E-state index in [-0.39, 0.29) is 16.7 Å². The van der Waals surface area contributed by atoms with Crippen LogP contribution in [-0.2, 0) is 0 Å². The molecule has 1 saturated carbocycles. The summed E-state index contributed by atoms with van der Waals surface area (Å²) in [5.74, 6) is 0.748. The molecule has 1 N–H and O–H groups in total. The Morgan fingerprint density at radius 3 is 2.55 bits per heavy atom. The second-order valence-electron chi connectivity index (χ2n) is 6.02. The van der Waals surface area contributed by atoms with Gasteiger partial charge in [0, 0.05) is 23.7 Å². The van der Waals surface area contributed by atoms with E-state index >= 15 is 0 Å². The molecule has 1 aliphatic carbocycles. The lowest BCUT2D eigenvalue weighted by Gasteiger charge is -2.25. The monoisotopic (exact) mass is 276 g/mol. The van der Waals surface area contributed by atoms with Crippen molar-refractivity contribution >= 4 is 5.69 Å². The van der Waals surface area contributed by atoms with Crippen molar-refractivity contribution in [3.8, 4) is 0 Å². The summed E-state index contributed by atoms with van der Waals surface area (Å²) in [5, 5.41) is 14.6. The number of hydrogen-bond donors (Lipinski definition) is 1. The van der Waals surface area contributed by atoms with Crippen LogP contribution in [0, 0.1) is 23.0 Å². The second-order valence-corrected chi connectivity index (χ2v) is 6.02. The second kappa shape index (κ2) is 6.35. The lowest BCUT2D eigenvalue weighted by atomic mass is 9.97. The van der Waals surface area contributed by atoms with E-state index < -0.39 is 0 Å². The Morgan fingerprint density at radius 2 is 1.95 bits per heavy atom. The molecule has 0 saturated heterocycles. The molecule has 1 aromatic rings. The Hall–Kier alpha value is -1.42. The zero-order valence-electron chi connectivity index (χ0n) is 12.6. The maximum absolute atomic E-state index is 11.0. The predicted molar refractivity (Wildman–Crippen MR) is 80.8 cm³/mol. The average Bonchev–Trinajstić information content (AvgIpc) is 2.92. The maximum atomic E-state index is 11.0. The standard InChI is InChI=1S/C16H24N2O2/c1-11-8-9-15(10-16(11)18(19)20)13(3)17-12(2)14-6-4-5-7-14/h8-10,12-14,17H,4-7H2,1-3H3/t12-,13?/m1/s1. The molecule has 110 valence electrons. The molecular weight excluding hydrogens is 252 g/mol. The molecule has 1 aromatic carbocycles. The van der Waals surface area contributed by atoms with Crippen molar-refractivity contribution in [1.82, 2.24) is 5.32 Å². The van der Waals surface area contributed by atoms with Crippen LogP contribution in [-0.4, -0.2) is 11.0 Å². The summed E-state index contributed by atoms with van der Waals surface area (Å²) in [7, 11) is 0. The molecule has 20 heavy (non-hydrogen) atoms. The number of nitrogens with zero attached hydrogens (tertiary/aromatic N) is 1. The topological polar surface area (TPSA) is 55.2 Å². The number of nitro benzene ring substituents is 1. The Labute approximate surface area is 120 Å². The van der Waals surface area contributed by atoms with Crippen LogP contribution in [0.4, 0.5) is 5.69 Å². The molecule has 0 aliphatic heterocycles. The summed E-state index contributed by atoms with van der Waals surface area (Å²) in [4.78, 5) is 10.7. The molecule has 2 rings (SSSR count). The van der Waals surface area contributed by atoms with Gasteiger partial charge in [-0.3, -0.25) is 10.1 Å². The lowest BCUT2D eigenvalue weighted by molar-refractivity contribution is -0.385. The normalized spacial score (nSPS) is 18.9. The van der Waals surface area contributed by atoms with Crippen LogP contribution < -0.4 is 5.32 Å². The summed E-state index contributed by atoms with van der Waals surface area (Å²) in [6, 6.07) is 6.14. The molecular formula is C16H24N2O2. The van der Waals surface area contributed by atoms with Crippen LogP contribution in [0.25, 0.3) is 0 Å². The first-order valence-corrected chi connectivity index (χ1v) is 7.50. The van der Waals surface area contributed by atoms with E-state index in [1.807, 2.05) is 12.1 Å². The van der Waals surface area contributed by atoms with Gasteiger partial charge >= 0.3 is 0 Å². The van der Waals surface area contributed by atoms with Gasteiger partial charge in [0.2, 0.25) is 0 Å². The highest BCUT2D eigenvalue weighted by Gasteiger charge is 2.23. The van der Waals surface area contributed by atoms with Crippen LogP contribution in [0.3, 0.4) is 0 Å². The third kappa shape index (κ3) is 3.37. The highest BCUT2D eigenvalue weighted by atomic mass is 16.6. The minimum Gasteiger partial charge on any atom is -0.307 e. The Kier molecular flexibility index (Phi) is 4.76. The van der Waals surface area contributed by atoms with Gasteiger partial charge in [0.1, 0.15) is 0 Å². The molecule has 1 aliphatic rings. The Balaban J connectivity index is 2.06. The Morgan fingerprint density at radius 1 is 1.30 bits per heavy atom. The maximum Gasteiger partial charge on any atom is 0.272 e. The lowest BCUT2D eigenvalue weighted by Crippen LogP contribution is -2.34. The largest absolute Gasteiger partial charge is 0.307 e. The van der Waals surface area contributed by atoms with Crippen molar-refractivity contribution in [3.63, 3.8) is 0 Å². The molecule has 2 atom stereocenters. The highest BCUT2D eigenvalue weighted by molar-refractivity contribution is 5.43. The molecule has 4 heteroatoms. The summed E-state index contributed by atoms with van der Waals surface area (Å²) < 4.78 is 0. The highest BCUT2D eigenvalue weighted by Crippen LogP contribution is 2.29. The number of benzene rings is 1. The van der Waals surface area contributed by atoms with Crippen molar-refractivity contribution in [2.75, 3.05) is 0 Å². The molecule has 0 bridgehead atoms. The van der Waals surface area contributed by atoms with Crippen LogP contribution in [0.2, 0.25) is 0 Å². The van der Waals surface area contributed by atoms with Gasteiger partial charge in [0.25, 0.3) is 5.69 Å². The van der Waals surface area contributed by atoms with Gasteiger partial charge in [-0.2, -0.15) is 0 Å². The summed E-state index contributed by atoms with van der Waals surface area (Å²) in [6.45, 7) is 6.09. The van der Waals surface area contributed by atoms with Crippen molar-refractivity contribution in [2.45, 2.75) is 58.5 Å². The van der Waals surface area contributed by atoms with Crippen molar-refractivity contribution in [3.05, 3.63) is 39.4 Å². The first-order valence-electron chi connectivity index (χ1n) is 7.50. The summed E-state index contributed by atoms with van der Waals surface area (Å²) in [6.07, 6.45) is 5.27. The first kappa shape index (κ1) is 15.0.